The van der Waals surface area contributed by atoms with Crippen molar-refractivity contribution in [2.24, 2.45) is 0 Å². The predicted octanol–water partition coefficient (Wildman–Crippen LogP) is 4.42. The molecule has 4 heteroatoms. The molecule has 0 bridgehead atoms. The van der Waals surface area contributed by atoms with Crippen LogP contribution in [-0.2, 0) is 13.1 Å². The second kappa shape index (κ2) is 7.60. The maximum Gasteiger partial charge on any atom is 0.0406 e. The van der Waals surface area contributed by atoms with E-state index < -0.39 is 0 Å². The quantitative estimate of drug-likeness (QED) is 0.776. The summed E-state index contributed by atoms with van der Waals surface area (Å²) in [6.07, 6.45) is 0. The molecule has 0 spiro atoms. The maximum atomic E-state index is 5.94. The van der Waals surface area contributed by atoms with Gasteiger partial charge in [-0.2, -0.15) is 0 Å². The van der Waals surface area contributed by atoms with Gasteiger partial charge in [-0.3, -0.25) is 9.80 Å². The van der Waals surface area contributed by atoms with Gasteiger partial charge < -0.3 is 0 Å². The molecule has 1 fully saturated rings. The first-order chi connectivity index (χ1) is 10.7. The number of halogens is 2. The lowest BCUT2D eigenvalue weighted by molar-refractivity contribution is 0.122. The van der Waals surface area contributed by atoms with E-state index in [9.17, 15) is 0 Å². The molecule has 0 saturated carbocycles. The summed E-state index contributed by atoms with van der Waals surface area (Å²) in [6, 6.07) is 16.8. The van der Waals surface area contributed by atoms with Gasteiger partial charge in [-0.25, -0.2) is 0 Å². The molecule has 2 aromatic carbocycles. The zero-order chi connectivity index (χ0) is 15.4. The lowest BCUT2D eigenvalue weighted by Crippen LogP contribution is -2.45. The summed E-state index contributed by atoms with van der Waals surface area (Å²) in [4.78, 5) is 5.04. The Morgan fingerprint density at radius 3 is 1.59 bits per heavy atom. The number of nitrogens with zero attached hydrogens (tertiary/aromatic N) is 2. The van der Waals surface area contributed by atoms with E-state index in [2.05, 4.69) is 62.1 Å². The lowest BCUT2D eigenvalue weighted by atomic mass is 10.1. The van der Waals surface area contributed by atoms with Crippen LogP contribution < -0.4 is 0 Å². The van der Waals surface area contributed by atoms with E-state index in [4.69, 9.17) is 11.6 Å². The van der Waals surface area contributed by atoms with Gasteiger partial charge in [0.2, 0.25) is 0 Å². The molecular formula is C18H20BrClN2. The van der Waals surface area contributed by atoms with Gasteiger partial charge in [0.15, 0.2) is 0 Å². The van der Waals surface area contributed by atoms with Gasteiger partial charge in [-0.1, -0.05) is 51.8 Å². The van der Waals surface area contributed by atoms with Crippen molar-refractivity contribution in [2.75, 3.05) is 26.2 Å². The Bertz CT molecular complexity index is 534. The van der Waals surface area contributed by atoms with E-state index in [0.717, 1.165) is 48.8 Å². The van der Waals surface area contributed by atoms with Gasteiger partial charge in [-0.15, -0.1) is 0 Å². The van der Waals surface area contributed by atoms with E-state index in [1.807, 2.05) is 12.1 Å². The predicted molar refractivity (Wildman–Crippen MR) is 96.1 cm³/mol. The van der Waals surface area contributed by atoms with Gasteiger partial charge >= 0.3 is 0 Å². The lowest BCUT2D eigenvalue weighted by Gasteiger charge is -2.34. The van der Waals surface area contributed by atoms with Crippen LogP contribution in [0.25, 0.3) is 0 Å². The Kier molecular flexibility index (Phi) is 5.53. The molecule has 0 amide bonds. The van der Waals surface area contributed by atoms with Crippen molar-refractivity contribution in [3.8, 4) is 0 Å². The van der Waals surface area contributed by atoms with E-state index >= 15 is 0 Å². The number of hydrogen-bond donors (Lipinski definition) is 0. The molecule has 1 saturated heterocycles. The second-order valence-electron chi connectivity index (χ2n) is 5.81. The topological polar surface area (TPSA) is 6.48 Å². The molecule has 0 N–H and O–H groups in total. The van der Waals surface area contributed by atoms with Crippen LogP contribution in [0.4, 0.5) is 0 Å². The number of benzene rings is 2. The largest absolute Gasteiger partial charge is 0.297 e. The van der Waals surface area contributed by atoms with Gasteiger partial charge in [-0.05, 0) is 35.4 Å². The van der Waals surface area contributed by atoms with E-state index in [-0.39, 0.29) is 0 Å². The van der Waals surface area contributed by atoms with Crippen LogP contribution in [0, 0.1) is 0 Å². The van der Waals surface area contributed by atoms with Crippen molar-refractivity contribution in [3.63, 3.8) is 0 Å². The minimum atomic E-state index is 0.808. The minimum Gasteiger partial charge on any atom is -0.297 e. The Morgan fingerprint density at radius 2 is 1.14 bits per heavy atom. The average molecular weight is 380 g/mol. The van der Waals surface area contributed by atoms with Crippen LogP contribution in [0.15, 0.2) is 53.0 Å². The van der Waals surface area contributed by atoms with E-state index in [1.165, 1.54) is 11.1 Å². The summed E-state index contributed by atoms with van der Waals surface area (Å²) in [6.45, 7) is 6.57. The number of piperazine rings is 1. The summed E-state index contributed by atoms with van der Waals surface area (Å²) >= 11 is 9.42. The highest BCUT2D eigenvalue weighted by atomic mass is 79.9. The Morgan fingerprint density at radius 1 is 0.727 bits per heavy atom. The van der Waals surface area contributed by atoms with Crippen molar-refractivity contribution in [3.05, 3.63) is 69.2 Å². The normalized spacial score (nSPS) is 16.8. The van der Waals surface area contributed by atoms with E-state index in [0.29, 0.717) is 0 Å². The van der Waals surface area contributed by atoms with Gasteiger partial charge in [0.05, 0.1) is 0 Å². The smallest absolute Gasteiger partial charge is 0.0406 e. The fourth-order valence-electron chi connectivity index (χ4n) is 2.80. The molecule has 3 rings (SSSR count). The number of rotatable bonds is 4. The fraction of sp³-hybridized carbons (Fsp3) is 0.333. The molecular weight excluding hydrogens is 360 g/mol. The SMILES string of the molecule is Clc1ccc(CN2CCN(Cc3ccc(Br)cc3)CC2)cc1. The molecule has 2 aromatic rings. The molecule has 1 aliphatic heterocycles. The molecule has 0 radical (unpaired) electrons. The highest BCUT2D eigenvalue weighted by Gasteiger charge is 2.17. The first-order valence-electron chi connectivity index (χ1n) is 7.63. The van der Waals surface area contributed by atoms with Crippen LogP contribution in [0.2, 0.25) is 5.02 Å². The standard InChI is InChI=1S/C18H20BrClN2/c19-17-5-1-15(2-6-17)13-21-9-11-22(12-10-21)14-16-3-7-18(20)8-4-16/h1-8H,9-14H2. The van der Waals surface area contributed by atoms with Crippen molar-refractivity contribution >= 4 is 27.5 Å². The average Bonchev–Trinajstić information content (AvgIpc) is 2.54. The van der Waals surface area contributed by atoms with Crippen LogP contribution in [0.3, 0.4) is 0 Å². The first-order valence-corrected chi connectivity index (χ1v) is 8.80. The molecule has 0 unspecified atom stereocenters. The Balaban J connectivity index is 1.47. The zero-order valence-corrected chi connectivity index (χ0v) is 14.9. The molecule has 1 heterocycles. The summed E-state index contributed by atoms with van der Waals surface area (Å²) < 4.78 is 1.14. The Labute approximate surface area is 145 Å². The monoisotopic (exact) mass is 378 g/mol. The van der Waals surface area contributed by atoms with Crippen LogP contribution in [-0.4, -0.2) is 36.0 Å². The van der Waals surface area contributed by atoms with Crippen molar-refractivity contribution in [1.29, 1.82) is 0 Å². The summed E-state index contributed by atoms with van der Waals surface area (Å²) in [5.41, 5.74) is 2.72. The second-order valence-corrected chi connectivity index (χ2v) is 7.16. The highest BCUT2D eigenvalue weighted by molar-refractivity contribution is 9.10. The summed E-state index contributed by atoms with van der Waals surface area (Å²) in [5, 5.41) is 0.808. The highest BCUT2D eigenvalue weighted by Crippen LogP contribution is 2.15. The van der Waals surface area contributed by atoms with Gasteiger partial charge in [0.1, 0.15) is 0 Å². The molecule has 22 heavy (non-hydrogen) atoms. The zero-order valence-electron chi connectivity index (χ0n) is 12.5. The molecule has 1 aliphatic rings. The third-order valence-electron chi connectivity index (χ3n) is 4.10. The summed E-state index contributed by atoms with van der Waals surface area (Å²) in [7, 11) is 0. The summed E-state index contributed by atoms with van der Waals surface area (Å²) in [5.74, 6) is 0. The number of hydrogen-bond acceptors (Lipinski definition) is 2. The van der Waals surface area contributed by atoms with Crippen molar-refractivity contribution in [1.82, 2.24) is 9.80 Å². The van der Waals surface area contributed by atoms with Crippen molar-refractivity contribution < 1.29 is 0 Å². The fourth-order valence-corrected chi connectivity index (χ4v) is 3.19. The van der Waals surface area contributed by atoms with Gasteiger partial charge in [0.25, 0.3) is 0 Å². The Hall–Kier alpha value is -0.870. The first kappa shape index (κ1) is 16.0. The molecule has 116 valence electrons. The minimum absolute atomic E-state index is 0.808. The van der Waals surface area contributed by atoms with Crippen LogP contribution in [0.5, 0.6) is 0 Å². The van der Waals surface area contributed by atoms with Crippen LogP contribution >= 0.6 is 27.5 Å². The molecule has 2 nitrogen and oxygen atoms in total. The molecule has 0 aromatic heterocycles. The molecule has 0 atom stereocenters. The van der Waals surface area contributed by atoms with E-state index in [1.54, 1.807) is 0 Å². The molecule has 0 aliphatic carbocycles. The van der Waals surface area contributed by atoms with Gasteiger partial charge in [0, 0.05) is 48.8 Å². The van der Waals surface area contributed by atoms with Crippen molar-refractivity contribution in [2.45, 2.75) is 13.1 Å². The third kappa shape index (κ3) is 4.56. The maximum absolute atomic E-state index is 5.94. The third-order valence-corrected chi connectivity index (χ3v) is 4.88. The van der Waals surface area contributed by atoms with Crippen LogP contribution in [0.1, 0.15) is 11.1 Å².